The van der Waals surface area contributed by atoms with Crippen LogP contribution in [-0.2, 0) is 0 Å². The van der Waals surface area contributed by atoms with Crippen molar-refractivity contribution >= 4 is 29.0 Å². The first kappa shape index (κ1) is 18.8. The van der Waals surface area contributed by atoms with Crippen LogP contribution < -0.4 is 14.8 Å². The third kappa shape index (κ3) is 4.73. The van der Waals surface area contributed by atoms with E-state index in [1.54, 1.807) is 30.3 Å². The molecule has 6 heteroatoms. The van der Waals surface area contributed by atoms with Gasteiger partial charge in [-0.3, -0.25) is 9.59 Å². The van der Waals surface area contributed by atoms with Crippen LogP contribution in [0.25, 0.3) is 0 Å². The number of hydrogen-bond acceptors (Lipinski definition) is 4. The SMILES string of the molecule is COc1c(Cl)cc(C(=O)Nc2ccc(C(C)=O)cc2)cc1OC(C)C. The molecule has 0 unspecified atom stereocenters. The second-order valence-corrected chi connectivity index (χ2v) is 6.15. The summed E-state index contributed by atoms with van der Waals surface area (Å²) in [6.45, 7) is 5.23. The molecule has 0 heterocycles. The molecule has 0 atom stereocenters. The van der Waals surface area contributed by atoms with Crippen molar-refractivity contribution in [2.24, 2.45) is 0 Å². The number of carbonyl (C=O) groups excluding carboxylic acids is 2. The largest absolute Gasteiger partial charge is 0.491 e. The number of amides is 1. The Kier molecular flexibility index (Phi) is 6.04. The first-order valence-electron chi connectivity index (χ1n) is 7.78. The third-order valence-corrected chi connectivity index (χ3v) is 3.67. The summed E-state index contributed by atoms with van der Waals surface area (Å²) in [5.41, 5.74) is 1.50. The summed E-state index contributed by atoms with van der Waals surface area (Å²) >= 11 is 6.20. The molecule has 0 saturated heterocycles. The minimum Gasteiger partial charge on any atom is -0.491 e. The number of ether oxygens (including phenoxy) is 2. The number of rotatable bonds is 6. The molecule has 5 nitrogen and oxygen atoms in total. The molecule has 1 amide bonds. The predicted octanol–water partition coefficient (Wildman–Crippen LogP) is 4.59. The predicted molar refractivity (Wildman–Crippen MR) is 98.2 cm³/mol. The van der Waals surface area contributed by atoms with Crippen LogP contribution in [0.2, 0.25) is 5.02 Å². The summed E-state index contributed by atoms with van der Waals surface area (Å²) in [6.07, 6.45) is -0.0950. The van der Waals surface area contributed by atoms with Crippen LogP contribution in [0.1, 0.15) is 41.5 Å². The second-order valence-electron chi connectivity index (χ2n) is 5.74. The number of methoxy groups -OCH3 is 1. The van der Waals surface area contributed by atoms with E-state index in [0.29, 0.717) is 28.3 Å². The Morgan fingerprint density at radius 2 is 1.72 bits per heavy atom. The van der Waals surface area contributed by atoms with Crippen LogP contribution in [0.4, 0.5) is 5.69 Å². The molecule has 0 aliphatic heterocycles. The van der Waals surface area contributed by atoms with Gasteiger partial charge in [-0.2, -0.15) is 0 Å². The van der Waals surface area contributed by atoms with Crippen molar-refractivity contribution in [3.8, 4) is 11.5 Å². The van der Waals surface area contributed by atoms with Crippen molar-refractivity contribution in [1.82, 2.24) is 0 Å². The zero-order valence-corrected chi connectivity index (χ0v) is 15.3. The van der Waals surface area contributed by atoms with Gasteiger partial charge in [0.2, 0.25) is 0 Å². The molecule has 0 saturated carbocycles. The van der Waals surface area contributed by atoms with Gasteiger partial charge in [0.05, 0.1) is 18.2 Å². The van der Waals surface area contributed by atoms with Gasteiger partial charge >= 0.3 is 0 Å². The van der Waals surface area contributed by atoms with Crippen molar-refractivity contribution in [2.45, 2.75) is 26.9 Å². The maximum atomic E-state index is 12.5. The number of ketones is 1. The molecule has 132 valence electrons. The molecule has 2 aromatic carbocycles. The summed E-state index contributed by atoms with van der Waals surface area (Å²) in [5, 5.41) is 3.05. The molecule has 0 bridgehead atoms. The summed E-state index contributed by atoms with van der Waals surface area (Å²) < 4.78 is 10.9. The van der Waals surface area contributed by atoms with Gasteiger partial charge in [0.15, 0.2) is 17.3 Å². The first-order chi connectivity index (χ1) is 11.8. The fourth-order valence-electron chi connectivity index (χ4n) is 2.23. The van der Waals surface area contributed by atoms with Gasteiger partial charge in [0.1, 0.15) is 0 Å². The lowest BCUT2D eigenvalue weighted by Gasteiger charge is -2.16. The quantitative estimate of drug-likeness (QED) is 0.764. The Hall–Kier alpha value is -2.53. The van der Waals surface area contributed by atoms with Gasteiger partial charge in [-0.15, -0.1) is 0 Å². The van der Waals surface area contributed by atoms with Gasteiger partial charge in [-0.05, 0) is 57.2 Å². The molecule has 0 aromatic heterocycles. The van der Waals surface area contributed by atoms with Crippen molar-refractivity contribution in [3.05, 3.63) is 52.5 Å². The minimum atomic E-state index is -0.339. The summed E-state index contributed by atoms with van der Waals surface area (Å²) in [6, 6.07) is 9.77. The van der Waals surface area contributed by atoms with E-state index in [-0.39, 0.29) is 22.8 Å². The normalized spacial score (nSPS) is 10.5. The van der Waals surface area contributed by atoms with E-state index in [1.165, 1.54) is 20.1 Å². The summed E-state index contributed by atoms with van der Waals surface area (Å²) in [5.74, 6) is 0.420. The molecule has 2 rings (SSSR count). The summed E-state index contributed by atoms with van der Waals surface area (Å²) in [7, 11) is 1.49. The Labute approximate surface area is 151 Å². The van der Waals surface area contributed by atoms with Crippen molar-refractivity contribution in [2.75, 3.05) is 12.4 Å². The van der Waals surface area contributed by atoms with Crippen LogP contribution in [0, 0.1) is 0 Å². The lowest BCUT2D eigenvalue weighted by atomic mass is 10.1. The monoisotopic (exact) mass is 361 g/mol. The number of nitrogens with one attached hydrogen (secondary N) is 1. The van der Waals surface area contributed by atoms with Gasteiger partial charge in [-0.1, -0.05) is 11.6 Å². The number of anilines is 1. The standard InChI is InChI=1S/C19H20ClNO4/c1-11(2)25-17-10-14(9-16(20)18(17)24-4)19(23)21-15-7-5-13(6-8-15)12(3)22/h5-11H,1-4H3,(H,21,23). The molecule has 25 heavy (non-hydrogen) atoms. The van der Waals surface area contributed by atoms with E-state index >= 15 is 0 Å². The van der Waals surface area contributed by atoms with Crippen molar-refractivity contribution in [1.29, 1.82) is 0 Å². The maximum absolute atomic E-state index is 12.5. The highest BCUT2D eigenvalue weighted by Gasteiger charge is 2.17. The molecule has 2 aromatic rings. The van der Waals surface area contributed by atoms with Gasteiger partial charge in [0.25, 0.3) is 5.91 Å². The molecule has 1 N–H and O–H groups in total. The van der Waals surface area contributed by atoms with E-state index in [4.69, 9.17) is 21.1 Å². The second kappa shape index (κ2) is 8.03. The number of hydrogen-bond donors (Lipinski definition) is 1. The highest BCUT2D eigenvalue weighted by atomic mass is 35.5. The van der Waals surface area contributed by atoms with Crippen LogP contribution in [0.3, 0.4) is 0 Å². The smallest absolute Gasteiger partial charge is 0.255 e. The van der Waals surface area contributed by atoms with E-state index in [1.807, 2.05) is 13.8 Å². The number of halogens is 1. The number of carbonyl (C=O) groups is 2. The molecule has 0 spiro atoms. The zero-order chi connectivity index (χ0) is 18.6. The molecule has 0 fully saturated rings. The van der Waals surface area contributed by atoms with E-state index in [2.05, 4.69) is 5.32 Å². The topological polar surface area (TPSA) is 64.6 Å². The Morgan fingerprint density at radius 1 is 1.08 bits per heavy atom. The molecule has 0 radical (unpaired) electrons. The number of benzene rings is 2. The average molecular weight is 362 g/mol. The zero-order valence-electron chi connectivity index (χ0n) is 14.6. The molecule has 0 aliphatic carbocycles. The molecule has 0 aliphatic rings. The summed E-state index contributed by atoms with van der Waals surface area (Å²) in [4.78, 5) is 23.8. The lowest BCUT2D eigenvalue weighted by molar-refractivity contribution is 0.101. The fraction of sp³-hybridized carbons (Fsp3) is 0.263. The van der Waals surface area contributed by atoms with Crippen molar-refractivity contribution in [3.63, 3.8) is 0 Å². The number of Topliss-reactive ketones (excluding diaryl/α,β-unsaturated/α-hetero) is 1. The maximum Gasteiger partial charge on any atom is 0.255 e. The van der Waals surface area contributed by atoms with Crippen LogP contribution >= 0.6 is 11.6 Å². The fourth-order valence-corrected chi connectivity index (χ4v) is 2.52. The highest BCUT2D eigenvalue weighted by Crippen LogP contribution is 2.37. The Bertz CT molecular complexity index is 785. The van der Waals surface area contributed by atoms with E-state index in [9.17, 15) is 9.59 Å². The molecular formula is C19H20ClNO4. The highest BCUT2D eigenvalue weighted by molar-refractivity contribution is 6.32. The van der Waals surface area contributed by atoms with Crippen LogP contribution in [-0.4, -0.2) is 24.9 Å². The lowest BCUT2D eigenvalue weighted by Crippen LogP contribution is -2.13. The van der Waals surface area contributed by atoms with Gasteiger partial charge < -0.3 is 14.8 Å². The van der Waals surface area contributed by atoms with Gasteiger partial charge in [0, 0.05) is 16.8 Å². The Morgan fingerprint density at radius 3 is 2.24 bits per heavy atom. The Balaban J connectivity index is 2.26. The van der Waals surface area contributed by atoms with Gasteiger partial charge in [-0.25, -0.2) is 0 Å². The van der Waals surface area contributed by atoms with E-state index < -0.39 is 0 Å². The molecular weight excluding hydrogens is 342 g/mol. The average Bonchev–Trinajstić information content (AvgIpc) is 2.54. The van der Waals surface area contributed by atoms with Crippen LogP contribution in [0.5, 0.6) is 11.5 Å². The van der Waals surface area contributed by atoms with Crippen molar-refractivity contribution < 1.29 is 19.1 Å². The first-order valence-corrected chi connectivity index (χ1v) is 8.16. The van der Waals surface area contributed by atoms with E-state index in [0.717, 1.165) is 0 Å². The van der Waals surface area contributed by atoms with Crippen LogP contribution in [0.15, 0.2) is 36.4 Å². The minimum absolute atomic E-state index is 0.0321. The third-order valence-electron chi connectivity index (χ3n) is 3.39.